The summed E-state index contributed by atoms with van der Waals surface area (Å²) < 4.78 is 5.03. The smallest absolute Gasteiger partial charge is 0.282 e. The van der Waals surface area contributed by atoms with E-state index in [4.69, 9.17) is 16.3 Å². The predicted molar refractivity (Wildman–Crippen MR) is 33.3 cm³/mol. The summed E-state index contributed by atoms with van der Waals surface area (Å²) in [6.45, 7) is 2.78. The van der Waals surface area contributed by atoms with Gasteiger partial charge in [-0.05, 0) is 18.0 Å². The molecule has 0 aromatic carbocycles. The summed E-state index contributed by atoms with van der Waals surface area (Å²) in [5.74, 6) is 0. The van der Waals surface area contributed by atoms with Gasteiger partial charge in [0.15, 0.2) is 0 Å². The lowest BCUT2D eigenvalue weighted by atomic mass is 10.3. The molecule has 8 heavy (non-hydrogen) atoms. The standard InChI is InChI=1S/C5H8ClNO/c1-2-4-3-7-5(6)8-4/h4H,2-3H2,1H3. The molecular formula is C5H8ClNO. The molecule has 1 unspecified atom stereocenters. The summed E-state index contributed by atoms with van der Waals surface area (Å²) in [7, 11) is 0. The van der Waals surface area contributed by atoms with Gasteiger partial charge in [-0.15, -0.1) is 0 Å². The van der Waals surface area contributed by atoms with Gasteiger partial charge in [0.2, 0.25) is 0 Å². The van der Waals surface area contributed by atoms with Crippen LogP contribution in [0.3, 0.4) is 0 Å². The highest BCUT2D eigenvalue weighted by Crippen LogP contribution is 2.09. The molecule has 1 aliphatic rings. The average molecular weight is 134 g/mol. The minimum atomic E-state index is 0.238. The highest BCUT2D eigenvalue weighted by Gasteiger charge is 2.14. The van der Waals surface area contributed by atoms with Gasteiger partial charge in [0.05, 0.1) is 6.54 Å². The number of hydrogen-bond donors (Lipinski definition) is 0. The van der Waals surface area contributed by atoms with E-state index in [1.165, 1.54) is 0 Å². The zero-order chi connectivity index (χ0) is 5.98. The highest BCUT2D eigenvalue weighted by atomic mass is 35.5. The van der Waals surface area contributed by atoms with Crippen LogP contribution in [0.15, 0.2) is 4.99 Å². The van der Waals surface area contributed by atoms with Crippen molar-refractivity contribution in [2.45, 2.75) is 19.4 Å². The van der Waals surface area contributed by atoms with Crippen LogP contribution in [0.4, 0.5) is 0 Å². The number of ether oxygens (including phenoxy) is 1. The first-order valence-electron chi connectivity index (χ1n) is 2.69. The lowest BCUT2D eigenvalue weighted by Crippen LogP contribution is -2.08. The first-order valence-corrected chi connectivity index (χ1v) is 3.07. The molecular weight excluding hydrogens is 126 g/mol. The van der Waals surface area contributed by atoms with Gasteiger partial charge in [-0.25, -0.2) is 4.99 Å². The Labute approximate surface area is 53.5 Å². The topological polar surface area (TPSA) is 21.6 Å². The van der Waals surface area contributed by atoms with Crippen LogP contribution in [0.25, 0.3) is 0 Å². The van der Waals surface area contributed by atoms with E-state index in [9.17, 15) is 0 Å². The fraction of sp³-hybridized carbons (Fsp3) is 0.800. The van der Waals surface area contributed by atoms with Crippen molar-refractivity contribution >= 4 is 17.0 Å². The third-order valence-electron chi connectivity index (χ3n) is 1.14. The largest absolute Gasteiger partial charge is 0.464 e. The summed E-state index contributed by atoms with van der Waals surface area (Å²) in [5, 5.41) is 0.317. The van der Waals surface area contributed by atoms with Gasteiger partial charge in [-0.1, -0.05) is 6.92 Å². The minimum absolute atomic E-state index is 0.238. The molecule has 0 saturated carbocycles. The number of aliphatic imine (C=N–C) groups is 1. The second-order valence-corrected chi connectivity index (χ2v) is 2.07. The molecule has 1 aliphatic heterocycles. The minimum Gasteiger partial charge on any atom is -0.464 e. The Morgan fingerprint density at radius 3 is 3.00 bits per heavy atom. The summed E-state index contributed by atoms with van der Waals surface area (Å²) in [6, 6.07) is 0. The monoisotopic (exact) mass is 133 g/mol. The van der Waals surface area contributed by atoms with Gasteiger partial charge in [-0.2, -0.15) is 0 Å². The van der Waals surface area contributed by atoms with Crippen molar-refractivity contribution in [2.24, 2.45) is 4.99 Å². The lowest BCUT2D eigenvalue weighted by Gasteiger charge is -2.02. The summed E-state index contributed by atoms with van der Waals surface area (Å²) in [6.07, 6.45) is 1.22. The Morgan fingerprint density at radius 1 is 2.00 bits per heavy atom. The normalized spacial score (nSPS) is 27.2. The Hall–Kier alpha value is -0.240. The molecule has 3 heteroatoms. The predicted octanol–water partition coefficient (Wildman–Crippen LogP) is 1.39. The first kappa shape index (κ1) is 5.89. The van der Waals surface area contributed by atoms with Crippen LogP contribution < -0.4 is 0 Å². The lowest BCUT2D eigenvalue weighted by molar-refractivity contribution is 0.225. The van der Waals surface area contributed by atoms with Gasteiger partial charge in [0, 0.05) is 0 Å². The Kier molecular flexibility index (Phi) is 1.73. The zero-order valence-electron chi connectivity index (χ0n) is 4.72. The van der Waals surface area contributed by atoms with Gasteiger partial charge < -0.3 is 4.74 Å². The van der Waals surface area contributed by atoms with Crippen molar-refractivity contribution in [3.63, 3.8) is 0 Å². The van der Waals surface area contributed by atoms with Crippen molar-refractivity contribution in [1.82, 2.24) is 0 Å². The van der Waals surface area contributed by atoms with E-state index >= 15 is 0 Å². The van der Waals surface area contributed by atoms with Crippen LogP contribution in [0.5, 0.6) is 0 Å². The quantitative estimate of drug-likeness (QED) is 0.530. The molecule has 2 nitrogen and oxygen atoms in total. The third-order valence-corrected chi connectivity index (χ3v) is 1.35. The molecule has 0 spiro atoms. The zero-order valence-corrected chi connectivity index (χ0v) is 5.48. The molecule has 0 aromatic rings. The van der Waals surface area contributed by atoms with E-state index in [0.29, 0.717) is 5.36 Å². The van der Waals surface area contributed by atoms with Crippen molar-refractivity contribution in [1.29, 1.82) is 0 Å². The van der Waals surface area contributed by atoms with Gasteiger partial charge >= 0.3 is 0 Å². The van der Waals surface area contributed by atoms with Crippen LogP contribution in [-0.4, -0.2) is 18.0 Å². The van der Waals surface area contributed by atoms with Crippen molar-refractivity contribution < 1.29 is 4.74 Å². The fourth-order valence-corrected chi connectivity index (χ4v) is 0.793. The Bertz CT molecular complexity index is 113. The van der Waals surface area contributed by atoms with Crippen LogP contribution in [0.2, 0.25) is 0 Å². The summed E-state index contributed by atoms with van der Waals surface area (Å²) in [5.41, 5.74) is 0. The molecule has 0 aromatic heterocycles. The molecule has 0 bridgehead atoms. The van der Waals surface area contributed by atoms with Gasteiger partial charge in [-0.3, -0.25) is 0 Å². The number of rotatable bonds is 1. The summed E-state index contributed by atoms with van der Waals surface area (Å²) in [4.78, 5) is 3.85. The number of nitrogens with zero attached hydrogens (tertiary/aromatic N) is 1. The number of hydrogen-bond acceptors (Lipinski definition) is 2. The third kappa shape index (κ3) is 1.13. The van der Waals surface area contributed by atoms with E-state index in [-0.39, 0.29) is 6.10 Å². The summed E-state index contributed by atoms with van der Waals surface area (Å²) >= 11 is 5.41. The van der Waals surface area contributed by atoms with Crippen molar-refractivity contribution in [3.8, 4) is 0 Å². The van der Waals surface area contributed by atoms with Crippen molar-refractivity contribution in [3.05, 3.63) is 0 Å². The molecule has 0 fully saturated rings. The molecule has 0 N–H and O–H groups in total. The molecule has 0 amide bonds. The SMILES string of the molecule is CCC1CN=C(Cl)O1. The first-order chi connectivity index (χ1) is 3.83. The maximum absolute atomic E-state index is 5.41. The maximum atomic E-state index is 5.41. The van der Waals surface area contributed by atoms with E-state index in [0.717, 1.165) is 13.0 Å². The molecule has 0 aliphatic carbocycles. The van der Waals surface area contributed by atoms with Crippen LogP contribution in [0.1, 0.15) is 13.3 Å². The van der Waals surface area contributed by atoms with E-state index in [1.807, 2.05) is 0 Å². The van der Waals surface area contributed by atoms with E-state index in [2.05, 4.69) is 11.9 Å². The van der Waals surface area contributed by atoms with Crippen molar-refractivity contribution in [2.75, 3.05) is 6.54 Å². The van der Waals surface area contributed by atoms with E-state index in [1.54, 1.807) is 0 Å². The van der Waals surface area contributed by atoms with Crippen LogP contribution >= 0.6 is 11.6 Å². The molecule has 46 valence electrons. The van der Waals surface area contributed by atoms with E-state index < -0.39 is 0 Å². The maximum Gasteiger partial charge on any atom is 0.282 e. The molecule has 1 rings (SSSR count). The Morgan fingerprint density at radius 2 is 2.75 bits per heavy atom. The molecule has 1 heterocycles. The molecule has 0 saturated heterocycles. The molecule has 1 atom stereocenters. The van der Waals surface area contributed by atoms with Gasteiger partial charge in [0.1, 0.15) is 6.10 Å². The molecule has 0 radical (unpaired) electrons. The average Bonchev–Trinajstić information content (AvgIpc) is 2.14. The van der Waals surface area contributed by atoms with Crippen LogP contribution in [0, 0.1) is 0 Å². The Balaban J connectivity index is 2.32. The number of halogens is 1. The highest BCUT2D eigenvalue weighted by molar-refractivity contribution is 6.63. The van der Waals surface area contributed by atoms with Gasteiger partial charge in [0.25, 0.3) is 5.36 Å². The fourth-order valence-electron chi connectivity index (χ4n) is 0.598. The second-order valence-electron chi connectivity index (χ2n) is 1.74. The second kappa shape index (κ2) is 2.35. The van der Waals surface area contributed by atoms with Crippen LogP contribution in [-0.2, 0) is 4.74 Å².